The average Bonchev–Trinajstić information content (AvgIpc) is 3.48. The molecule has 1 aromatic carbocycles. The Labute approximate surface area is 190 Å². The van der Waals surface area contributed by atoms with E-state index in [1.165, 1.54) is 0 Å². The predicted octanol–water partition coefficient (Wildman–Crippen LogP) is 3.58. The van der Waals surface area contributed by atoms with Gasteiger partial charge in [0.1, 0.15) is 18.2 Å². The molecule has 5 rings (SSSR count). The minimum Gasteiger partial charge on any atom is -0.495 e. The lowest BCUT2D eigenvalue weighted by atomic mass is 10.1. The van der Waals surface area contributed by atoms with Gasteiger partial charge in [-0.15, -0.1) is 0 Å². The Hall–Kier alpha value is -3.85. The van der Waals surface area contributed by atoms with Crippen molar-refractivity contribution in [2.75, 3.05) is 13.7 Å². The molecule has 0 amide bonds. The summed E-state index contributed by atoms with van der Waals surface area (Å²) < 4.78 is 16.5. The molecule has 1 aliphatic rings. The third-order valence-corrected chi connectivity index (χ3v) is 5.66. The van der Waals surface area contributed by atoms with Crippen LogP contribution in [0.1, 0.15) is 29.7 Å². The molecule has 0 saturated heterocycles. The first-order valence-corrected chi connectivity index (χ1v) is 10.6. The molecule has 0 radical (unpaired) electrons. The fraction of sp³-hybridized carbons (Fsp3) is 0.292. The molecule has 0 aliphatic heterocycles. The van der Waals surface area contributed by atoms with Crippen molar-refractivity contribution in [2.45, 2.75) is 25.9 Å². The predicted molar refractivity (Wildman–Crippen MR) is 119 cm³/mol. The van der Waals surface area contributed by atoms with E-state index in [1.54, 1.807) is 19.5 Å². The summed E-state index contributed by atoms with van der Waals surface area (Å²) in [4.78, 5) is 17.5. The zero-order valence-electron chi connectivity index (χ0n) is 18.3. The van der Waals surface area contributed by atoms with Gasteiger partial charge in [-0.2, -0.15) is 9.97 Å². The van der Waals surface area contributed by atoms with Crippen molar-refractivity contribution >= 4 is 0 Å². The number of hydrogen-bond donors (Lipinski definition) is 1. The molecular weight excluding hydrogens is 422 g/mol. The summed E-state index contributed by atoms with van der Waals surface area (Å²) in [7, 11) is 1.64. The summed E-state index contributed by atoms with van der Waals surface area (Å²) >= 11 is 0. The van der Waals surface area contributed by atoms with Gasteiger partial charge in [-0.1, -0.05) is 17.3 Å². The number of aryl methyl sites for hydroxylation is 1. The van der Waals surface area contributed by atoms with Crippen LogP contribution in [0.2, 0.25) is 0 Å². The topological polar surface area (TPSA) is 116 Å². The third-order valence-electron chi connectivity index (χ3n) is 5.66. The molecule has 0 bridgehead atoms. The second-order valence-corrected chi connectivity index (χ2v) is 7.92. The quantitative estimate of drug-likeness (QED) is 0.434. The highest BCUT2D eigenvalue weighted by Crippen LogP contribution is 2.47. The Morgan fingerprint density at radius 2 is 1.85 bits per heavy atom. The van der Waals surface area contributed by atoms with Gasteiger partial charge in [0.25, 0.3) is 5.89 Å². The maximum atomic E-state index is 9.12. The largest absolute Gasteiger partial charge is 0.495 e. The molecule has 9 heteroatoms. The Balaban J connectivity index is 1.29. The molecule has 2 atom stereocenters. The molecule has 3 aromatic heterocycles. The molecule has 9 nitrogen and oxygen atoms in total. The summed E-state index contributed by atoms with van der Waals surface area (Å²) in [5.41, 5.74) is 3.55. The molecule has 1 N–H and O–H groups in total. The highest BCUT2D eigenvalue weighted by molar-refractivity contribution is 5.70. The lowest BCUT2D eigenvalue weighted by molar-refractivity contribution is 0.264. The Bertz CT molecular complexity index is 1240. The van der Waals surface area contributed by atoms with Gasteiger partial charge in [-0.05, 0) is 43.2 Å². The van der Waals surface area contributed by atoms with Gasteiger partial charge < -0.3 is 19.1 Å². The highest BCUT2D eigenvalue weighted by atomic mass is 16.5. The van der Waals surface area contributed by atoms with Crippen LogP contribution in [0.25, 0.3) is 22.6 Å². The van der Waals surface area contributed by atoms with Crippen LogP contribution >= 0.6 is 0 Å². The van der Waals surface area contributed by atoms with Crippen LogP contribution in [-0.4, -0.2) is 43.9 Å². The number of pyridine rings is 1. The van der Waals surface area contributed by atoms with Crippen LogP contribution in [0.3, 0.4) is 0 Å². The Morgan fingerprint density at radius 1 is 1.03 bits per heavy atom. The summed E-state index contributed by atoms with van der Waals surface area (Å²) in [5.74, 6) is 3.36. The summed E-state index contributed by atoms with van der Waals surface area (Å²) in [6, 6.07) is 11.6. The third kappa shape index (κ3) is 4.54. The van der Waals surface area contributed by atoms with Crippen molar-refractivity contribution in [1.82, 2.24) is 25.1 Å². The van der Waals surface area contributed by atoms with E-state index in [0.29, 0.717) is 36.0 Å². The summed E-state index contributed by atoms with van der Waals surface area (Å²) in [6.07, 6.45) is 4.56. The number of methoxy groups -OCH3 is 1. The molecule has 3 heterocycles. The van der Waals surface area contributed by atoms with Gasteiger partial charge in [0, 0.05) is 29.3 Å². The van der Waals surface area contributed by atoms with E-state index in [2.05, 4.69) is 25.1 Å². The molecule has 33 heavy (non-hydrogen) atoms. The van der Waals surface area contributed by atoms with E-state index < -0.39 is 0 Å². The number of ether oxygens (including phenoxy) is 2. The number of rotatable bonds is 8. The molecule has 1 unspecified atom stereocenters. The smallest absolute Gasteiger partial charge is 0.258 e. The molecule has 1 fully saturated rings. The first kappa shape index (κ1) is 21.0. The second kappa shape index (κ2) is 8.95. The van der Waals surface area contributed by atoms with Gasteiger partial charge in [0.15, 0.2) is 5.82 Å². The average molecular weight is 445 g/mol. The van der Waals surface area contributed by atoms with Crippen LogP contribution in [0.4, 0.5) is 0 Å². The number of aliphatic hydroxyl groups excluding tert-OH is 1. The minimum atomic E-state index is -0.265. The van der Waals surface area contributed by atoms with Gasteiger partial charge >= 0.3 is 0 Å². The monoisotopic (exact) mass is 445 g/mol. The van der Waals surface area contributed by atoms with Crippen molar-refractivity contribution in [2.24, 2.45) is 5.92 Å². The number of aromatic nitrogens is 5. The van der Waals surface area contributed by atoms with Crippen molar-refractivity contribution < 1.29 is 19.1 Å². The van der Waals surface area contributed by atoms with Crippen LogP contribution in [-0.2, 0) is 6.61 Å². The fourth-order valence-electron chi connectivity index (χ4n) is 3.70. The maximum Gasteiger partial charge on any atom is 0.258 e. The number of benzene rings is 1. The molecular formula is C24H23N5O4. The van der Waals surface area contributed by atoms with E-state index in [9.17, 15) is 0 Å². The molecule has 1 aliphatic carbocycles. The second-order valence-electron chi connectivity index (χ2n) is 7.92. The van der Waals surface area contributed by atoms with E-state index >= 15 is 0 Å². The number of aliphatic hydroxyl groups is 1. The van der Waals surface area contributed by atoms with Crippen molar-refractivity contribution in [3.63, 3.8) is 0 Å². The summed E-state index contributed by atoms with van der Waals surface area (Å²) in [5, 5.41) is 12.8. The molecule has 1 saturated carbocycles. The zero-order chi connectivity index (χ0) is 22.8. The Kier molecular flexibility index (Phi) is 5.70. The lowest BCUT2D eigenvalue weighted by Crippen LogP contribution is -2.05. The zero-order valence-corrected chi connectivity index (χ0v) is 18.3. The standard InChI is InChI=1S/C24H23N5O4/c1-14-25-11-20(15-3-5-16(6-4-15)23-28-22(12-30)29-33-23)24(27-14)32-13-17-9-19(17)21-8-7-18(31-2)10-26-21/h3-8,10-11,17,19,30H,9,12-13H2,1-2H3/t17?,19-/m1/s1. The van der Waals surface area contributed by atoms with E-state index in [4.69, 9.17) is 19.1 Å². The lowest BCUT2D eigenvalue weighted by Gasteiger charge is -2.11. The van der Waals surface area contributed by atoms with Crippen LogP contribution < -0.4 is 9.47 Å². The van der Waals surface area contributed by atoms with Crippen molar-refractivity contribution in [1.29, 1.82) is 0 Å². The van der Waals surface area contributed by atoms with Crippen LogP contribution in [0.15, 0.2) is 53.3 Å². The number of nitrogens with zero attached hydrogens (tertiary/aromatic N) is 5. The fourth-order valence-corrected chi connectivity index (χ4v) is 3.70. The summed E-state index contributed by atoms with van der Waals surface area (Å²) in [6.45, 7) is 2.14. The maximum absolute atomic E-state index is 9.12. The SMILES string of the molecule is COc1ccc([C@@H]2CC2COc2nc(C)ncc2-c2ccc(-c3nc(CO)no3)cc2)nc1. The van der Waals surface area contributed by atoms with E-state index in [0.717, 1.165) is 34.6 Å². The molecule has 0 spiro atoms. The molecule has 4 aromatic rings. The first-order valence-electron chi connectivity index (χ1n) is 10.6. The first-order chi connectivity index (χ1) is 16.1. The number of hydrogen-bond acceptors (Lipinski definition) is 9. The van der Waals surface area contributed by atoms with Gasteiger partial charge in [0.2, 0.25) is 5.88 Å². The van der Waals surface area contributed by atoms with E-state index in [1.807, 2.05) is 43.3 Å². The van der Waals surface area contributed by atoms with Crippen molar-refractivity contribution in [3.8, 4) is 34.2 Å². The van der Waals surface area contributed by atoms with Gasteiger partial charge in [0.05, 0.1) is 25.5 Å². The molecule has 168 valence electrons. The van der Waals surface area contributed by atoms with Gasteiger partial charge in [-0.25, -0.2) is 4.98 Å². The van der Waals surface area contributed by atoms with Gasteiger partial charge in [-0.3, -0.25) is 4.98 Å². The normalized spacial score (nSPS) is 17.1. The Morgan fingerprint density at radius 3 is 2.55 bits per heavy atom. The van der Waals surface area contributed by atoms with Crippen LogP contribution in [0, 0.1) is 12.8 Å². The van der Waals surface area contributed by atoms with Crippen LogP contribution in [0.5, 0.6) is 11.6 Å². The van der Waals surface area contributed by atoms with E-state index in [-0.39, 0.29) is 12.4 Å². The van der Waals surface area contributed by atoms with Crippen molar-refractivity contribution in [3.05, 3.63) is 66.1 Å². The minimum absolute atomic E-state index is 0.250. The highest BCUT2D eigenvalue weighted by Gasteiger charge is 2.40.